The van der Waals surface area contributed by atoms with Gasteiger partial charge in [0.25, 0.3) is 0 Å². The van der Waals surface area contributed by atoms with Gasteiger partial charge < -0.3 is 44.9 Å². The number of hydrogen-bond acceptors (Lipinski definition) is 2. The van der Waals surface area contributed by atoms with E-state index in [-0.39, 0.29) is 37.5 Å². The highest BCUT2D eigenvalue weighted by Crippen LogP contribution is 2.07. The molecule has 1 aromatic carbocycles. The fourth-order valence-corrected chi connectivity index (χ4v) is 2.27. The highest BCUT2D eigenvalue weighted by Gasteiger charge is 2.25. The molecule has 2 rings (SSSR count). The molecule has 1 atom stereocenters. The van der Waals surface area contributed by atoms with Crippen molar-refractivity contribution in [3.05, 3.63) is 30.3 Å². The monoisotopic (exact) mass is 308 g/mol. The van der Waals surface area contributed by atoms with Crippen LogP contribution in [0.3, 0.4) is 0 Å². The molecule has 110 valence electrons. The van der Waals surface area contributed by atoms with E-state index in [9.17, 15) is 5.11 Å². The summed E-state index contributed by atoms with van der Waals surface area (Å²) in [6, 6.07) is 10.0. The number of halogens is 2. The Balaban J connectivity index is 0.00000162. The lowest BCUT2D eigenvalue weighted by Gasteiger charge is -2.29. The van der Waals surface area contributed by atoms with Gasteiger partial charge in [0.2, 0.25) is 0 Å². The SMILES string of the molecule is OCC(COc1ccccc1)[NH+]1CC[NH2+]CC1.[Cl-].[Cl-]. The molecule has 0 saturated carbocycles. The second-order valence-corrected chi connectivity index (χ2v) is 4.53. The second kappa shape index (κ2) is 10.3. The molecule has 4 N–H and O–H groups in total. The maximum atomic E-state index is 9.45. The third-order valence-corrected chi connectivity index (χ3v) is 3.33. The first kappa shape index (κ1) is 18.5. The standard InChI is InChI=1S/C13H20N2O2.2ClH/c16-10-12(15-8-6-14-7-9-15)11-17-13-4-2-1-3-5-13;;/h1-5,12,14,16H,6-11H2;2*1H. The average molecular weight is 309 g/mol. The third-order valence-electron chi connectivity index (χ3n) is 3.33. The Bertz CT molecular complexity index is 322. The number of ether oxygens (including phenoxy) is 1. The molecule has 1 unspecified atom stereocenters. The fourth-order valence-electron chi connectivity index (χ4n) is 2.27. The number of hydrogen-bond donors (Lipinski definition) is 3. The van der Waals surface area contributed by atoms with E-state index in [2.05, 4.69) is 5.32 Å². The van der Waals surface area contributed by atoms with Crippen LogP contribution in [0.1, 0.15) is 0 Å². The van der Waals surface area contributed by atoms with Crippen LogP contribution in [0.4, 0.5) is 0 Å². The van der Waals surface area contributed by atoms with Crippen molar-refractivity contribution in [1.29, 1.82) is 0 Å². The Labute approximate surface area is 127 Å². The van der Waals surface area contributed by atoms with Crippen molar-refractivity contribution in [1.82, 2.24) is 0 Å². The first-order valence-corrected chi connectivity index (χ1v) is 6.35. The van der Waals surface area contributed by atoms with Crippen LogP contribution >= 0.6 is 0 Å². The Morgan fingerprint density at radius 2 is 1.79 bits per heavy atom. The van der Waals surface area contributed by atoms with Crippen molar-refractivity contribution in [3.63, 3.8) is 0 Å². The molecule has 0 spiro atoms. The van der Waals surface area contributed by atoms with E-state index in [1.54, 1.807) is 0 Å². The molecule has 1 aliphatic heterocycles. The Morgan fingerprint density at radius 3 is 2.37 bits per heavy atom. The highest BCUT2D eigenvalue weighted by molar-refractivity contribution is 5.20. The first-order chi connectivity index (χ1) is 8.40. The second-order valence-electron chi connectivity index (χ2n) is 4.53. The summed E-state index contributed by atoms with van der Waals surface area (Å²) in [7, 11) is 0. The van der Waals surface area contributed by atoms with Gasteiger partial charge in [-0.15, -0.1) is 0 Å². The zero-order valence-corrected chi connectivity index (χ0v) is 12.4. The molecule has 1 aliphatic rings. The van der Waals surface area contributed by atoms with E-state index in [4.69, 9.17) is 4.74 Å². The molecule has 6 heteroatoms. The van der Waals surface area contributed by atoms with Gasteiger partial charge in [-0.05, 0) is 12.1 Å². The molecule has 0 bridgehead atoms. The molecule has 4 nitrogen and oxygen atoms in total. The van der Waals surface area contributed by atoms with Crippen LogP contribution < -0.4 is 39.8 Å². The van der Waals surface area contributed by atoms with E-state index >= 15 is 0 Å². The van der Waals surface area contributed by atoms with Gasteiger partial charge in [-0.1, -0.05) is 18.2 Å². The number of piperazine rings is 1. The summed E-state index contributed by atoms with van der Waals surface area (Å²) < 4.78 is 5.72. The van der Waals surface area contributed by atoms with E-state index in [1.807, 2.05) is 30.3 Å². The van der Waals surface area contributed by atoms with Crippen molar-refractivity contribution in [3.8, 4) is 5.75 Å². The van der Waals surface area contributed by atoms with Crippen LogP contribution in [0.2, 0.25) is 0 Å². The van der Waals surface area contributed by atoms with Crippen LogP contribution in [-0.2, 0) is 0 Å². The van der Waals surface area contributed by atoms with Gasteiger partial charge in [0, 0.05) is 0 Å². The lowest BCUT2D eigenvalue weighted by atomic mass is 10.2. The zero-order valence-electron chi connectivity index (χ0n) is 10.9. The Hall–Kier alpha value is -0.520. The predicted molar refractivity (Wildman–Crippen MR) is 65.2 cm³/mol. The molecule has 1 fully saturated rings. The largest absolute Gasteiger partial charge is 1.00 e. The normalized spacial score (nSPS) is 16.9. The topological polar surface area (TPSA) is 50.5 Å². The Morgan fingerprint density at radius 1 is 1.16 bits per heavy atom. The van der Waals surface area contributed by atoms with Crippen LogP contribution in [0, 0.1) is 0 Å². The van der Waals surface area contributed by atoms with Gasteiger partial charge in [-0.2, -0.15) is 0 Å². The lowest BCUT2D eigenvalue weighted by Crippen LogP contribution is -3.24. The Kier molecular flexibility index (Phi) is 10.0. The lowest BCUT2D eigenvalue weighted by molar-refractivity contribution is -0.967. The molecular formula is C13H22Cl2N2O2. The summed E-state index contributed by atoms with van der Waals surface area (Å²) >= 11 is 0. The number of para-hydroxylation sites is 1. The average Bonchev–Trinajstić information content (AvgIpc) is 2.42. The van der Waals surface area contributed by atoms with Crippen LogP contribution in [-0.4, -0.2) is 50.5 Å². The summed E-state index contributed by atoms with van der Waals surface area (Å²) in [6.07, 6.45) is 0. The first-order valence-electron chi connectivity index (χ1n) is 6.35. The van der Waals surface area contributed by atoms with E-state index in [1.165, 1.54) is 4.90 Å². The van der Waals surface area contributed by atoms with Crippen LogP contribution in [0.25, 0.3) is 0 Å². The van der Waals surface area contributed by atoms with Crippen LogP contribution in [0.5, 0.6) is 5.75 Å². The minimum absolute atomic E-state index is 0. The molecule has 0 aromatic heterocycles. The summed E-state index contributed by atoms with van der Waals surface area (Å²) in [5.74, 6) is 0.883. The number of rotatable bonds is 5. The summed E-state index contributed by atoms with van der Waals surface area (Å²) in [4.78, 5) is 1.46. The molecule has 19 heavy (non-hydrogen) atoms. The van der Waals surface area contributed by atoms with Crippen molar-refractivity contribution < 1.29 is 44.9 Å². The van der Waals surface area contributed by atoms with E-state index in [0.717, 1.165) is 31.9 Å². The van der Waals surface area contributed by atoms with Gasteiger partial charge in [0.15, 0.2) is 0 Å². The van der Waals surface area contributed by atoms with Crippen molar-refractivity contribution in [2.75, 3.05) is 39.4 Å². The number of quaternary nitrogens is 2. The fraction of sp³-hybridized carbons (Fsp3) is 0.538. The quantitative estimate of drug-likeness (QED) is 0.506. The van der Waals surface area contributed by atoms with Gasteiger partial charge in [-0.25, -0.2) is 0 Å². The third kappa shape index (κ3) is 5.97. The smallest absolute Gasteiger partial charge is 0.146 e. The molecule has 1 saturated heterocycles. The van der Waals surface area contributed by atoms with Crippen molar-refractivity contribution >= 4 is 0 Å². The zero-order chi connectivity index (χ0) is 11.9. The van der Waals surface area contributed by atoms with Crippen LogP contribution in [0.15, 0.2) is 30.3 Å². The van der Waals surface area contributed by atoms with Gasteiger partial charge in [0.05, 0.1) is 6.61 Å². The van der Waals surface area contributed by atoms with Gasteiger partial charge in [0.1, 0.15) is 44.6 Å². The minimum Gasteiger partial charge on any atom is -1.00 e. The molecule has 0 radical (unpaired) electrons. The molecular weight excluding hydrogens is 287 g/mol. The number of nitrogens with two attached hydrogens (primary N) is 1. The number of aliphatic hydroxyl groups excluding tert-OH is 1. The van der Waals surface area contributed by atoms with Gasteiger partial charge in [-0.3, -0.25) is 0 Å². The summed E-state index contributed by atoms with van der Waals surface area (Å²) in [5.41, 5.74) is 0. The highest BCUT2D eigenvalue weighted by atomic mass is 35.5. The van der Waals surface area contributed by atoms with Gasteiger partial charge >= 0.3 is 0 Å². The molecule has 1 aromatic rings. The predicted octanol–water partition coefficient (Wildman–Crippen LogP) is -8.10. The maximum Gasteiger partial charge on any atom is 0.146 e. The maximum absolute atomic E-state index is 9.45. The number of benzene rings is 1. The molecule has 0 aliphatic carbocycles. The number of nitrogens with one attached hydrogen (secondary N) is 1. The minimum atomic E-state index is 0. The van der Waals surface area contributed by atoms with E-state index in [0.29, 0.717) is 6.61 Å². The summed E-state index contributed by atoms with van der Waals surface area (Å²) in [6.45, 7) is 5.32. The van der Waals surface area contributed by atoms with E-state index < -0.39 is 0 Å². The van der Waals surface area contributed by atoms with Crippen molar-refractivity contribution in [2.45, 2.75) is 6.04 Å². The molecule has 0 amide bonds. The number of aliphatic hydroxyl groups is 1. The molecule has 1 heterocycles. The van der Waals surface area contributed by atoms with Crippen molar-refractivity contribution in [2.24, 2.45) is 0 Å². The summed E-state index contributed by atoms with van der Waals surface area (Å²) in [5, 5.41) is 11.8.